The molecule has 9 nitrogen and oxygen atoms in total. The number of carbonyl (C=O) groups is 1. The largest absolute Gasteiger partial charge is 0.490 e. The van der Waals surface area contributed by atoms with Crippen LogP contribution in [-0.4, -0.2) is 42.0 Å². The summed E-state index contributed by atoms with van der Waals surface area (Å²) in [5.74, 6) is -0.420. The smallest absolute Gasteiger partial charge is 0.339 e. The van der Waals surface area contributed by atoms with Crippen molar-refractivity contribution in [2.75, 3.05) is 6.61 Å². The Morgan fingerprint density at radius 1 is 1.12 bits per heavy atom. The SMILES string of the molecule is CCOc1cc(C=C2C(=N)N3N=C(CC)SC3=NC2=O)ccc1OS(=O)(=O)c1ccccc1. The number of benzene rings is 2. The summed E-state index contributed by atoms with van der Waals surface area (Å²) in [6.07, 6.45) is 2.17. The van der Waals surface area contributed by atoms with E-state index < -0.39 is 16.0 Å². The lowest BCUT2D eigenvalue weighted by Crippen LogP contribution is -2.35. The zero-order valence-electron chi connectivity index (χ0n) is 17.8. The fourth-order valence-electron chi connectivity index (χ4n) is 3.05. The number of thioether (sulfide) groups is 1. The molecule has 170 valence electrons. The molecule has 11 heteroatoms. The second kappa shape index (κ2) is 9.20. The van der Waals surface area contributed by atoms with Gasteiger partial charge in [0, 0.05) is 0 Å². The van der Waals surface area contributed by atoms with Crippen LogP contribution >= 0.6 is 11.8 Å². The van der Waals surface area contributed by atoms with Crippen LogP contribution < -0.4 is 8.92 Å². The lowest BCUT2D eigenvalue weighted by Gasteiger charge is -2.20. The molecule has 2 aromatic carbocycles. The van der Waals surface area contributed by atoms with E-state index in [0.29, 0.717) is 17.2 Å². The molecule has 0 spiro atoms. The van der Waals surface area contributed by atoms with Crippen LogP contribution in [0.5, 0.6) is 11.5 Å². The molecule has 1 N–H and O–H groups in total. The molecule has 33 heavy (non-hydrogen) atoms. The van der Waals surface area contributed by atoms with Crippen LogP contribution in [0.25, 0.3) is 6.08 Å². The van der Waals surface area contributed by atoms with Crippen LogP contribution in [0.1, 0.15) is 25.8 Å². The first-order valence-corrected chi connectivity index (χ1v) is 12.3. The van der Waals surface area contributed by atoms with Gasteiger partial charge < -0.3 is 8.92 Å². The molecule has 0 atom stereocenters. The van der Waals surface area contributed by atoms with Gasteiger partial charge in [-0.3, -0.25) is 10.2 Å². The highest BCUT2D eigenvalue weighted by atomic mass is 32.2. The van der Waals surface area contributed by atoms with Crippen molar-refractivity contribution in [1.82, 2.24) is 5.01 Å². The highest BCUT2D eigenvalue weighted by molar-refractivity contribution is 8.26. The molecule has 0 fully saturated rings. The minimum Gasteiger partial charge on any atom is -0.490 e. The predicted octanol–water partition coefficient (Wildman–Crippen LogP) is 3.88. The van der Waals surface area contributed by atoms with Crippen LogP contribution in [0.15, 0.2) is 69.1 Å². The van der Waals surface area contributed by atoms with Gasteiger partial charge in [0.1, 0.15) is 9.94 Å². The van der Waals surface area contributed by atoms with Crippen molar-refractivity contribution in [3.63, 3.8) is 0 Å². The highest BCUT2D eigenvalue weighted by Gasteiger charge is 2.35. The topological polar surface area (TPSA) is 121 Å². The lowest BCUT2D eigenvalue weighted by molar-refractivity contribution is -0.114. The van der Waals surface area contributed by atoms with Gasteiger partial charge in [0.2, 0.25) is 5.17 Å². The summed E-state index contributed by atoms with van der Waals surface area (Å²) >= 11 is 1.27. The molecule has 2 aromatic rings. The van der Waals surface area contributed by atoms with E-state index in [0.717, 1.165) is 5.04 Å². The molecular weight excluding hydrogens is 464 g/mol. The number of aliphatic imine (C=N–C) groups is 1. The molecule has 0 aromatic heterocycles. The zero-order chi connectivity index (χ0) is 23.6. The van der Waals surface area contributed by atoms with Gasteiger partial charge in [-0.2, -0.15) is 23.5 Å². The second-order valence-electron chi connectivity index (χ2n) is 6.86. The molecule has 4 rings (SSSR count). The first-order valence-electron chi connectivity index (χ1n) is 10.1. The third-order valence-electron chi connectivity index (χ3n) is 4.61. The summed E-state index contributed by atoms with van der Waals surface area (Å²) in [6, 6.07) is 12.4. The van der Waals surface area contributed by atoms with E-state index in [-0.39, 0.29) is 34.4 Å². The summed E-state index contributed by atoms with van der Waals surface area (Å²) in [6.45, 7) is 3.96. The number of carbonyl (C=O) groups excluding carboxylic acids is 1. The molecule has 1 amide bonds. The quantitative estimate of drug-likeness (QED) is 0.467. The maximum Gasteiger partial charge on any atom is 0.339 e. The Morgan fingerprint density at radius 2 is 1.88 bits per heavy atom. The van der Waals surface area contributed by atoms with Crippen LogP contribution in [0.2, 0.25) is 0 Å². The number of rotatable bonds is 7. The number of amidine groups is 2. The van der Waals surface area contributed by atoms with E-state index in [4.69, 9.17) is 14.3 Å². The Balaban J connectivity index is 1.66. The molecule has 2 aliphatic rings. The Bertz CT molecular complexity index is 1320. The van der Waals surface area contributed by atoms with Gasteiger partial charge in [-0.25, -0.2) is 0 Å². The molecule has 0 saturated heterocycles. The van der Waals surface area contributed by atoms with Gasteiger partial charge >= 0.3 is 10.1 Å². The highest BCUT2D eigenvalue weighted by Crippen LogP contribution is 2.33. The maximum atomic E-state index is 12.6. The van der Waals surface area contributed by atoms with Gasteiger partial charge in [-0.15, -0.1) is 0 Å². The summed E-state index contributed by atoms with van der Waals surface area (Å²) in [7, 11) is -4.05. The van der Waals surface area contributed by atoms with Crippen molar-refractivity contribution < 1.29 is 22.1 Å². The molecular formula is C22H20N4O5S2. The van der Waals surface area contributed by atoms with E-state index in [1.165, 1.54) is 41.0 Å². The minimum absolute atomic E-state index is 0.0151. The fourth-order valence-corrected chi connectivity index (χ4v) is 4.83. The molecule has 2 heterocycles. The summed E-state index contributed by atoms with van der Waals surface area (Å²) in [4.78, 5) is 16.6. The van der Waals surface area contributed by atoms with E-state index in [9.17, 15) is 13.2 Å². The molecule has 0 saturated carbocycles. The molecule has 0 bridgehead atoms. The predicted molar refractivity (Wildman–Crippen MR) is 127 cm³/mol. The fraction of sp³-hybridized carbons (Fsp3) is 0.182. The van der Waals surface area contributed by atoms with Gasteiger partial charge in [0.15, 0.2) is 17.3 Å². The first kappa shape index (κ1) is 22.7. The van der Waals surface area contributed by atoms with Gasteiger partial charge in [0.25, 0.3) is 5.91 Å². The monoisotopic (exact) mass is 484 g/mol. The van der Waals surface area contributed by atoms with E-state index in [1.807, 2.05) is 6.92 Å². The van der Waals surface area contributed by atoms with Gasteiger partial charge in [0.05, 0.1) is 12.2 Å². The number of nitrogens with zero attached hydrogens (tertiary/aromatic N) is 3. The molecule has 0 unspecified atom stereocenters. The normalized spacial score (nSPS) is 17.0. The van der Waals surface area contributed by atoms with Crippen LogP contribution in [0.4, 0.5) is 0 Å². The second-order valence-corrected chi connectivity index (χ2v) is 9.44. The van der Waals surface area contributed by atoms with E-state index in [1.54, 1.807) is 37.3 Å². The van der Waals surface area contributed by atoms with Crippen LogP contribution in [0.3, 0.4) is 0 Å². The average Bonchev–Trinajstić information content (AvgIpc) is 3.22. The zero-order valence-corrected chi connectivity index (χ0v) is 19.4. The number of nitrogens with one attached hydrogen (secondary N) is 1. The van der Waals surface area contributed by atoms with E-state index >= 15 is 0 Å². The minimum atomic E-state index is -4.05. The number of hydrazone groups is 1. The number of hydrogen-bond donors (Lipinski definition) is 1. The number of fused-ring (bicyclic) bond motifs is 1. The Morgan fingerprint density at radius 3 is 2.58 bits per heavy atom. The Labute approximate surface area is 195 Å². The molecule has 0 radical (unpaired) electrons. The van der Waals surface area contributed by atoms with Crippen molar-refractivity contribution in [3.05, 3.63) is 59.7 Å². The molecule has 2 aliphatic heterocycles. The van der Waals surface area contributed by atoms with Gasteiger partial charge in [-0.05, 0) is 61.0 Å². The lowest BCUT2D eigenvalue weighted by atomic mass is 10.1. The third-order valence-corrected chi connectivity index (χ3v) is 6.91. The van der Waals surface area contributed by atoms with Gasteiger partial charge in [-0.1, -0.05) is 31.2 Å². The summed E-state index contributed by atoms with van der Waals surface area (Å²) in [5, 5.41) is 15.2. The summed E-state index contributed by atoms with van der Waals surface area (Å²) in [5.41, 5.74) is 0.578. The molecule has 0 aliphatic carbocycles. The Kier molecular flexibility index (Phi) is 6.34. The number of amides is 1. The van der Waals surface area contributed by atoms with Crippen LogP contribution in [0, 0.1) is 5.41 Å². The first-order chi connectivity index (χ1) is 15.8. The number of ether oxygens (including phenoxy) is 1. The number of hydrogen-bond acceptors (Lipinski definition) is 8. The van der Waals surface area contributed by atoms with Crippen molar-refractivity contribution in [2.24, 2.45) is 10.1 Å². The van der Waals surface area contributed by atoms with E-state index in [2.05, 4.69) is 10.1 Å². The Hall–Kier alpha value is -3.44. The van der Waals surface area contributed by atoms with Crippen LogP contribution in [-0.2, 0) is 14.9 Å². The van der Waals surface area contributed by atoms with Crippen molar-refractivity contribution >= 4 is 49.9 Å². The standard InChI is InChI=1S/C22H20N4O5S2/c1-3-19-25-26-20(23)16(21(27)24-22(26)32-19)12-14-10-11-17(18(13-14)30-4-2)31-33(28,29)15-8-6-5-7-9-15/h5-13,23H,3-4H2,1-2H3. The average molecular weight is 485 g/mol. The summed E-state index contributed by atoms with van der Waals surface area (Å²) < 4.78 is 36.1. The van der Waals surface area contributed by atoms with Crippen molar-refractivity contribution in [3.8, 4) is 11.5 Å². The van der Waals surface area contributed by atoms with Crippen molar-refractivity contribution in [2.45, 2.75) is 25.2 Å². The third kappa shape index (κ3) is 4.69. The maximum absolute atomic E-state index is 12.6. The van der Waals surface area contributed by atoms with Crippen molar-refractivity contribution in [1.29, 1.82) is 5.41 Å².